The molecule has 8 aromatic carbocycles. The first-order valence-electron chi connectivity index (χ1n) is 16.3. The largest absolute Gasteiger partial charge is 0.0647 e. The van der Waals surface area contributed by atoms with Crippen molar-refractivity contribution in [2.24, 2.45) is 0 Å². The average molecular weight is 627 g/mol. The van der Waals surface area contributed by atoms with Crippen LogP contribution < -0.4 is 21.2 Å². The van der Waals surface area contributed by atoms with Crippen LogP contribution in [0.25, 0.3) is 43.1 Å². The SMILES string of the molecule is CCC(CP(c1cccc2ccccc12)c1cccc2ccccc12)P(c1cccc2ccccc12)c1cccc2ccccc12. The summed E-state index contributed by atoms with van der Waals surface area (Å²) >= 11 is 0. The van der Waals surface area contributed by atoms with Crippen LogP contribution in [-0.2, 0) is 0 Å². The van der Waals surface area contributed by atoms with Crippen LogP contribution in [0.4, 0.5) is 0 Å². The molecular formula is C44H36P2. The Bertz CT molecular complexity index is 2140. The van der Waals surface area contributed by atoms with Crippen LogP contribution in [0.3, 0.4) is 0 Å². The van der Waals surface area contributed by atoms with Crippen molar-refractivity contribution in [3.05, 3.63) is 170 Å². The van der Waals surface area contributed by atoms with Crippen molar-refractivity contribution in [3.8, 4) is 0 Å². The van der Waals surface area contributed by atoms with E-state index in [1.54, 1.807) is 0 Å². The van der Waals surface area contributed by atoms with Crippen LogP contribution in [0.15, 0.2) is 170 Å². The second-order valence-electron chi connectivity index (χ2n) is 12.0. The van der Waals surface area contributed by atoms with Gasteiger partial charge in [-0.05, 0) is 98.4 Å². The maximum atomic E-state index is 2.43. The molecule has 1 unspecified atom stereocenters. The van der Waals surface area contributed by atoms with Crippen molar-refractivity contribution in [2.45, 2.75) is 19.0 Å². The summed E-state index contributed by atoms with van der Waals surface area (Å²) < 4.78 is 0. The lowest BCUT2D eigenvalue weighted by atomic mass is 10.1. The highest BCUT2D eigenvalue weighted by Crippen LogP contribution is 2.51. The lowest BCUT2D eigenvalue weighted by molar-refractivity contribution is 0.907. The Balaban J connectivity index is 1.37. The van der Waals surface area contributed by atoms with Crippen LogP contribution in [0.1, 0.15) is 13.3 Å². The van der Waals surface area contributed by atoms with Crippen LogP contribution in [0.5, 0.6) is 0 Å². The van der Waals surface area contributed by atoms with E-state index in [0.29, 0.717) is 5.66 Å². The Morgan fingerprint density at radius 2 is 0.674 bits per heavy atom. The molecule has 2 heteroatoms. The standard InChI is InChI=1S/C44H36P2/c1-2-36(46(43-29-13-21-34-17-5-9-25-39(34)43)44-30-14-22-35-18-6-10-26-40(35)44)31-45(41-27-11-19-32-15-3-7-23-37(32)41)42-28-12-20-33-16-4-8-24-38(33)42/h3-30,36H,2,31H2,1H3. The minimum atomic E-state index is -0.697. The lowest BCUT2D eigenvalue weighted by Gasteiger charge is -2.33. The fourth-order valence-electron chi connectivity index (χ4n) is 7.18. The van der Waals surface area contributed by atoms with Gasteiger partial charge in [-0.2, -0.15) is 0 Å². The number of fused-ring (bicyclic) bond motifs is 4. The molecule has 0 bridgehead atoms. The average Bonchev–Trinajstić information content (AvgIpc) is 3.13. The van der Waals surface area contributed by atoms with E-state index in [9.17, 15) is 0 Å². The topological polar surface area (TPSA) is 0 Å². The Morgan fingerprint density at radius 3 is 1.04 bits per heavy atom. The third-order valence-corrected chi connectivity index (χ3v) is 15.5. The van der Waals surface area contributed by atoms with E-state index in [-0.39, 0.29) is 0 Å². The van der Waals surface area contributed by atoms with Gasteiger partial charge in [0.15, 0.2) is 0 Å². The summed E-state index contributed by atoms with van der Waals surface area (Å²) in [6.07, 6.45) is 2.25. The van der Waals surface area contributed by atoms with E-state index in [4.69, 9.17) is 0 Å². The molecule has 0 nitrogen and oxygen atoms in total. The van der Waals surface area contributed by atoms with Crippen molar-refractivity contribution in [3.63, 3.8) is 0 Å². The maximum absolute atomic E-state index is 2.43. The van der Waals surface area contributed by atoms with Gasteiger partial charge >= 0.3 is 0 Å². The molecule has 8 aromatic rings. The molecule has 46 heavy (non-hydrogen) atoms. The van der Waals surface area contributed by atoms with E-state index >= 15 is 0 Å². The van der Waals surface area contributed by atoms with Crippen molar-refractivity contribution >= 4 is 80.2 Å². The van der Waals surface area contributed by atoms with Gasteiger partial charge in [0, 0.05) is 0 Å². The second-order valence-corrected chi connectivity index (χ2v) is 16.7. The van der Waals surface area contributed by atoms with Gasteiger partial charge in [0.25, 0.3) is 0 Å². The molecule has 0 aliphatic heterocycles. The van der Waals surface area contributed by atoms with Gasteiger partial charge in [-0.25, -0.2) is 0 Å². The quantitative estimate of drug-likeness (QED) is 0.147. The van der Waals surface area contributed by atoms with Crippen molar-refractivity contribution in [1.82, 2.24) is 0 Å². The third-order valence-electron chi connectivity index (χ3n) is 9.40. The first-order valence-corrected chi connectivity index (χ1v) is 19.2. The summed E-state index contributed by atoms with van der Waals surface area (Å²) in [6, 6.07) is 63.8. The molecule has 0 radical (unpaired) electrons. The summed E-state index contributed by atoms with van der Waals surface area (Å²) in [4.78, 5) is 0. The summed E-state index contributed by atoms with van der Waals surface area (Å²) in [5.74, 6) is 0. The summed E-state index contributed by atoms with van der Waals surface area (Å²) in [5, 5.41) is 16.9. The van der Waals surface area contributed by atoms with Gasteiger partial charge < -0.3 is 0 Å². The summed E-state index contributed by atoms with van der Waals surface area (Å²) in [6.45, 7) is 2.43. The fraction of sp³-hybridized carbons (Fsp3) is 0.0909. The molecule has 0 spiro atoms. The molecule has 0 N–H and O–H groups in total. The van der Waals surface area contributed by atoms with Gasteiger partial charge in [0.05, 0.1) is 0 Å². The van der Waals surface area contributed by atoms with Crippen LogP contribution >= 0.6 is 15.8 Å². The van der Waals surface area contributed by atoms with Crippen molar-refractivity contribution < 1.29 is 0 Å². The van der Waals surface area contributed by atoms with Crippen LogP contribution in [0.2, 0.25) is 0 Å². The minimum absolute atomic E-state index is 0.482. The molecule has 8 rings (SSSR count). The number of rotatable bonds is 8. The van der Waals surface area contributed by atoms with Gasteiger partial charge in [-0.15, -0.1) is 0 Å². The molecule has 1 atom stereocenters. The number of hydrogen-bond acceptors (Lipinski definition) is 0. The first-order chi connectivity index (χ1) is 22.8. The smallest absolute Gasteiger partial charge is 0.00857 e. The molecule has 0 aliphatic carbocycles. The highest BCUT2D eigenvalue weighted by Gasteiger charge is 2.31. The third kappa shape index (κ3) is 5.31. The molecule has 0 fully saturated rings. The fourth-order valence-corrected chi connectivity index (χ4v) is 14.0. The molecule has 0 heterocycles. The van der Waals surface area contributed by atoms with E-state index < -0.39 is 15.8 Å². The van der Waals surface area contributed by atoms with E-state index in [2.05, 4.69) is 177 Å². The molecule has 0 aliphatic rings. The predicted octanol–water partition coefficient (Wildman–Crippen LogP) is 10.6. The van der Waals surface area contributed by atoms with Crippen LogP contribution in [-0.4, -0.2) is 11.8 Å². The van der Waals surface area contributed by atoms with Gasteiger partial charge in [0.1, 0.15) is 0 Å². The Labute approximate surface area is 274 Å². The van der Waals surface area contributed by atoms with Gasteiger partial charge in [-0.3, -0.25) is 0 Å². The molecular weight excluding hydrogens is 590 g/mol. The lowest BCUT2D eigenvalue weighted by Crippen LogP contribution is -2.28. The Kier molecular flexibility index (Phi) is 8.10. The zero-order valence-electron chi connectivity index (χ0n) is 26.1. The van der Waals surface area contributed by atoms with E-state index in [0.717, 1.165) is 12.6 Å². The Morgan fingerprint density at radius 1 is 0.370 bits per heavy atom. The highest BCUT2D eigenvalue weighted by molar-refractivity contribution is 7.78. The monoisotopic (exact) mass is 626 g/mol. The number of benzene rings is 8. The molecule has 222 valence electrons. The second kappa shape index (κ2) is 12.8. The molecule has 0 saturated heterocycles. The van der Waals surface area contributed by atoms with Gasteiger partial charge in [0.2, 0.25) is 0 Å². The molecule has 0 saturated carbocycles. The van der Waals surface area contributed by atoms with Crippen LogP contribution in [0, 0.1) is 0 Å². The molecule has 0 aromatic heterocycles. The number of hydrogen-bond donors (Lipinski definition) is 0. The maximum Gasteiger partial charge on any atom is -0.00857 e. The zero-order chi connectivity index (χ0) is 30.9. The minimum Gasteiger partial charge on any atom is -0.0647 e. The van der Waals surface area contributed by atoms with Crippen molar-refractivity contribution in [1.29, 1.82) is 0 Å². The summed E-state index contributed by atoms with van der Waals surface area (Å²) in [7, 11) is -1.38. The normalized spacial score (nSPS) is 12.5. The highest BCUT2D eigenvalue weighted by atomic mass is 31.1. The van der Waals surface area contributed by atoms with E-state index in [1.807, 2.05) is 0 Å². The predicted molar refractivity (Wildman–Crippen MR) is 207 cm³/mol. The van der Waals surface area contributed by atoms with Crippen molar-refractivity contribution in [2.75, 3.05) is 6.16 Å². The zero-order valence-corrected chi connectivity index (χ0v) is 27.8. The Hall–Kier alpha value is -4.34. The van der Waals surface area contributed by atoms with Gasteiger partial charge in [-0.1, -0.05) is 177 Å². The van der Waals surface area contributed by atoms with E-state index in [1.165, 1.54) is 64.3 Å². The summed E-state index contributed by atoms with van der Waals surface area (Å²) in [5.41, 5.74) is 0.482. The molecule has 0 amide bonds. The first kappa shape index (κ1) is 29.1.